The molecule has 11 aromatic carbocycles. The lowest BCUT2D eigenvalue weighted by molar-refractivity contribution is 0.639. The largest absolute Gasteiger partial charge is 0.454 e. The average molecular weight is 925 g/mol. The first-order valence-corrected chi connectivity index (χ1v) is 25.1. The van der Waals surface area contributed by atoms with E-state index in [1.807, 2.05) is 6.07 Å². The van der Waals surface area contributed by atoms with Crippen molar-refractivity contribution in [2.75, 3.05) is 9.80 Å². The average Bonchev–Trinajstić information content (AvgIpc) is 4.12. The highest BCUT2D eigenvalue weighted by molar-refractivity contribution is 6.22. The molecule has 0 bridgehead atoms. The fourth-order valence-corrected chi connectivity index (χ4v) is 12.7. The third kappa shape index (κ3) is 5.63. The molecule has 0 saturated carbocycles. The van der Waals surface area contributed by atoms with E-state index in [0.29, 0.717) is 0 Å². The number of para-hydroxylation sites is 6. The van der Waals surface area contributed by atoms with Crippen LogP contribution < -0.4 is 9.80 Å². The first kappa shape index (κ1) is 41.0. The molecule has 4 nitrogen and oxygen atoms in total. The molecule has 0 fully saturated rings. The van der Waals surface area contributed by atoms with Crippen LogP contribution in [0.15, 0.2) is 227 Å². The summed E-state index contributed by atoms with van der Waals surface area (Å²) >= 11 is 0. The van der Waals surface area contributed by atoms with Gasteiger partial charge >= 0.3 is 0 Å². The molecule has 2 aliphatic carbocycles. The molecule has 2 heterocycles. The molecular formula is C68H48N2O2. The van der Waals surface area contributed by atoms with Crippen molar-refractivity contribution in [2.45, 2.75) is 38.5 Å². The molecule has 342 valence electrons. The van der Waals surface area contributed by atoms with Gasteiger partial charge in [0.25, 0.3) is 0 Å². The van der Waals surface area contributed by atoms with E-state index in [1.165, 1.54) is 66.1 Å². The molecule has 13 aromatic rings. The van der Waals surface area contributed by atoms with Crippen LogP contribution in [0.4, 0.5) is 34.1 Å². The second kappa shape index (κ2) is 14.8. The monoisotopic (exact) mass is 924 g/mol. The standard InChI is InChI=1S/C68H48N2O2/c1-67(2)54-37-44(69(42-20-7-5-8-21-42)58-29-17-27-49-47-25-13-15-31-61(47)71-65(49)58)34-36-46(54)52-38-53-56(39-55(52)67)68(3,4)57-40-60(51-35-33-41-19-11-12-24-45(41)63(51)64(53)57)70(43-22-9-6-10-23-43)59-30-18-28-50-48-26-14-16-32-62(48)72-66(50)59/h5-40H,1-4H3. The molecule has 0 aliphatic heterocycles. The van der Waals surface area contributed by atoms with Crippen LogP contribution in [0, 0.1) is 0 Å². The van der Waals surface area contributed by atoms with Crippen molar-refractivity contribution >= 4 is 99.5 Å². The van der Waals surface area contributed by atoms with Gasteiger partial charge in [0.1, 0.15) is 11.2 Å². The lowest BCUT2D eigenvalue weighted by Crippen LogP contribution is -2.20. The van der Waals surface area contributed by atoms with Crippen molar-refractivity contribution in [3.8, 4) is 22.3 Å². The molecule has 0 spiro atoms. The zero-order valence-electron chi connectivity index (χ0n) is 40.5. The van der Waals surface area contributed by atoms with Crippen molar-refractivity contribution in [2.24, 2.45) is 0 Å². The number of fused-ring (bicyclic) bond motifs is 16. The van der Waals surface area contributed by atoms with Gasteiger partial charge < -0.3 is 18.6 Å². The Hall–Kier alpha value is -8.86. The Labute approximate surface area is 417 Å². The van der Waals surface area contributed by atoms with E-state index >= 15 is 0 Å². The molecular weight excluding hydrogens is 877 g/mol. The van der Waals surface area contributed by atoms with Gasteiger partial charge in [0.2, 0.25) is 0 Å². The number of anilines is 6. The Balaban J connectivity index is 0.950. The topological polar surface area (TPSA) is 32.8 Å². The summed E-state index contributed by atoms with van der Waals surface area (Å²) in [6.45, 7) is 9.68. The Morgan fingerprint density at radius 1 is 0.319 bits per heavy atom. The van der Waals surface area contributed by atoms with Crippen LogP contribution in [-0.4, -0.2) is 0 Å². The summed E-state index contributed by atoms with van der Waals surface area (Å²) in [6, 6.07) is 79.6. The number of hydrogen-bond donors (Lipinski definition) is 0. The summed E-state index contributed by atoms with van der Waals surface area (Å²) in [6.07, 6.45) is 0. The lowest BCUT2D eigenvalue weighted by atomic mass is 9.77. The Morgan fingerprint density at radius 2 is 0.847 bits per heavy atom. The maximum absolute atomic E-state index is 6.81. The van der Waals surface area contributed by atoms with Crippen LogP contribution in [-0.2, 0) is 10.8 Å². The molecule has 15 rings (SSSR count). The van der Waals surface area contributed by atoms with Crippen LogP contribution in [0.1, 0.15) is 49.9 Å². The summed E-state index contributed by atoms with van der Waals surface area (Å²) in [5, 5.41) is 9.40. The van der Waals surface area contributed by atoms with Gasteiger partial charge in [-0.15, -0.1) is 0 Å². The van der Waals surface area contributed by atoms with Gasteiger partial charge in [-0.1, -0.05) is 173 Å². The molecule has 2 aromatic heterocycles. The Bertz CT molecular complexity index is 4400. The zero-order chi connectivity index (χ0) is 48.0. The number of nitrogens with zero attached hydrogens (tertiary/aromatic N) is 2. The summed E-state index contributed by atoms with van der Waals surface area (Å²) in [7, 11) is 0. The van der Waals surface area contributed by atoms with Crippen molar-refractivity contribution < 1.29 is 8.83 Å². The van der Waals surface area contributed by atoms with Gasteiger partial charge in [0, 0.05) is 54.8 Å². The minimum atomic E-state index is -0.335. The minimum Gasteiger partial charge on any atom is -0.454 e. The van der Waals surface area contributed by atoms with Crippen LogP contribution in [0.5, 0.6) is 0 Å². The predicted octanol–water partition coefficient (Wildman–Crippen LogP) is 19.3. The number of benzene rings is 11. The fourth-order valence-electron chi connectivity index (χ4n) is 12.7. The van der Waals surface area contributed by atoms with E-state index in [4.69, 9.17) is 8.83 Å². The zero-order valence-corrected chi connectivity index (χ0v) is 40.5. The quantitative estimate of drug-likeness (QED) is 0.156. The molecule has 72 heavy (non-hydrogen) atoms. The van der Waals surface area contributed by atoms with E-state index in [0.717, 1.165) is 78.0 Å². The van der Waals surface area contributed by atoms with Gasteiger partial charge in [-0.05, 0) is 133 Å². The second-order valence-corrected chi connectivity index (χ2v) is 20.8. The van der Waals surface area contributed by atoms with Gasteiger partial charge in [-0.3, -0.25) is 0 Å². The number of furan rings is 2. The highest BCUT2D eigenvalue weighted by atomic mass is 16.3. The highest BCUT2D eigenvalue weighted by Gasteiger charge is 2.44. The molecule has 0 saturated heterocycles. The summed E-state index contributed by atoms with van der Waals surface area (Å²) in [4.78, 5) is 4.80. The van der Waals surface area contributed by atoms with E-state index in [9.17, 15) is 0 Å². The van der Waals surface area contributed by atoms with E-state index in [2.05, 4.69) is 250 Å². The molecule has 0 N–H and O–H groups in total. The summed E-state index contributed by atoms with van der Waals surface area (Å²) < 4.78 is 13.5. The third-order valence-electron chi connectivity index (χ3n) is 16.2. The van der Waals surface area contributed by atoms with Crippen molar-refractivity contribution in [3.63, 3.8) is 0 Å². The lowest BCUT2D eigenvalue weighted by Gasteiger charge is -2.30. The fraction of sp³-hybridized carbons (Fsp3) is 0.0882. The number of rotatable bonds is 6. The Kier molecular flexibility index (Phi) is 8.44. The SMILES string of the molecule is CC1(C)c2cc(N(c3ccccc3)c3cccc4c3oc3ccccc34)ccc2-c2cc3c(cc21)C(C)(C)c1cc(N(c2ccccc2)c2cccc4c2oc2ccccc24)c2ccc4ccccc4c2c1-3. The van der Waals surface area contributed by atoms with Gasteiger partial charge in [0.05, 0.1) is 17.1 Å². The van der Waals surface area contributed by atoms with Crippen molar-refractivity contribution in [1.29, 1.82) is 0 Å². The van der Waals surface area contributed by atoms with E-state index in [-0.39, 0.29) is 10.8 Å². The molecule has 0 radical (unpaired) electrons. The molecule has 0 atom stereocenters. The summed E-state index contributed by atoms with van der Waals surface area (Å²) in [5.41, 5.74) is 19.9. The van der Waals surface area contributed by atoms with Crippen LogP contribution >= 0.6 is 0 Å². The van der Waals surface area contributed by atoms with E-state index in [1.54, 1.807) is 0 Å². The maximum Gasteiger partial charge on any atom is 0.159 e. The predicted molar refractivity (Wildman–Crippen MR) is 301 cm³/mol. The van der Waals surface area contributed by atoms with Crippen LogP contribution in [0.3, 0.4) is 0 Å². The van der Waals surface area contributed by atoms with Crippen molar-refractivity contribution in [1.82, 2.24) is 0 Å². The minimum absolute atomic E-state index is 0.288. The molecule has 4 heteroatoms. The van der Waals surface area contributed by atoms with Gasteiger partial charge in [-0.2, -0.15) is 0 Å². The van der Waals surface area contributed by atoms with E-state index < -0.39 is 0 Å². The molecule has 0 unspecified atom stereocenters. The van der Waals surface area contributed by atoms with Crippen molar-refractivity contribution in [3.05, 3.63) is 241 Å². The van der Waals surface area contributed by atoms with Gasteiger partial charge in [0.15, 0.2) is 11.2 Å². The Morgan fingerprint density at radius 3 is 1.51 bits per heavy atom. The molecule has 0 amide bonds. The summed E-state index contributed by atoms with van der Waals surface area (Å²) in [5.74, 6) is 0. The first-order chi connectivity index (χ1) is 35.2. The molecule has 2 aliphatic rings. The second-order valence-electron chi connectivity index (χ2n) is 20.8. The normalized spacial score (nSPS) is 14.1. The van der Waals surface area contributed by atoms with Crippen LogP contribution in [0.2, 0.25) is 0 Å². The first-order valence-electron chi connectivity index (χ1n) is 25.1. The highest BCUT2D eigenvalue weighted by Crippen LogP contribution is 2.60. The van der Waals surface area contributed by atoms with Crippen LogP contribution in [0.25, 0.3) is 87.7 Å². The smallest absolute Gasteiger partial charge is 0.159 e. The maximum atomic E-state index is 6.81. The third-order valence-corrected chi connectivity index (χ3v) is 16.2. The number of hydrogen-bond acceptors (Lipinski definition) is 4. The van der Waals surface area contributed by atoms with Gasteiger partial charge in [-0.25, -0.2) is 0 Å².